The third-order valence-corrected chi connectivity index (χ3v) is 5.36. The van der Waals surface area contributed by atoms with Crippen molar-refractivity contribution in [3.63, 3.8) is 0 Å². The van der Waals surface area contributed by atoms with Gasteiger partial charge in [-0.1, -0.05) is 12.8 Å². The van der Waals surface area contributed by atoms with Crippen LogP contribution in [-0.4, -0.2) is 22.3 Å². The molecule has 1 nitrogen and oxygen atoms in total. The highest BCUT2D eigenvalue weighted by atomic mass is 32.2. The molecule has 0 saturated heterocycles. The monoisotopic (exact) mass is 208 g/mol. The smallest absolute Gasteiger partial charge is 0.0649 e. The largest absolute Gasteiger partial charge is 0.288 e. The Kier molecular flexibility index (Phi) is 2.57. The normalized spacial score (nSPS) is 42.3. The molecule has 3 rings (SSSR count). The zero-order valence-corrected chi connectivity index (χ0v) is 9.43. The number of nitrogens with zero attached hydrogens (tertiary/aromatic N) is 1. The molecule has 0 amide bonds. The Bertz CT molecular complexity index is 249. The van der Waals surface area contributed by atoms with Crippen LogP contribution in [-0.2, 0) is 0 Å². The minimum atomic E-state index is 0.582. The standard InChI is InChI=1S/C12H18NS/c1-3-7-11-9(5-1)13-10-6-2-4-8-12(10)14-11/h5,9,11-12H,1-4,6-8H2. The van der Waals surface area contributed by atoms with Gasteiger partial charge in [0.25, 0.3) is 0 Å². The Morgan fingerprint density at radius 1 is 1.21 bits per heavy atom. The highest BCUT2D eigenvalue weighted by Crippen LogP contribution is 2.41. The van der Waals surface area contributed by atoms with E-state index in [1.165, 1.54) is 44.9 Å². The fourth-order valence-corrected chi connectivity index (χ4v) is 4.57. The third-order valence-electron chi connectivity index (χ3n) is 3.66. The van der Waals surface area contributed by atoms with Gasteiger partial charge >= 0.3 is 0 Å². The van der Waals surface area contributed by atoms with Crippen molar-refractivity contribution in [2.75, 3.05) is 0 Å². The molecule has 2 fully saturated rings. The minimum absolute atomic E-state index is 0.582. The first kappa shape index (κ1) is 9.26. The van der Waals surface area contributed by atoms with Crippen LogP contribution in [0, 0.1) is 6.42 Å². The highest BCUT2D eigenvalue weighted by Gasteiger charge is 2.35. The first-order valence-electron chi connectivity index (χ1n) is 5.99. The van der Waals surface area contributed by atoms with Crippen molar-refractivity contribution in [3.8, 4) is 0 Å². The number of fused-ring (bicyclic) bond motifs is 2. The molecule has 2 saturated carbocycles. The van der Waals surface area contributed by atoms with Gasteiger partial charge in [-0.2, -0.15) is 0 Å². The lowest BCUT2D eigenvalue weighted by molar-refractivity contribution is 0.529. The lowest BCUT2D eigenvalue weighted by Crippen LogP contribution is -2.38. The molecule has 0 N–H and O–H groups in total. The van der Waals surface area contributed by atoms with Crippen LogP contribution in [0.2, 0.25) is 0 Å². The van der Waals surface area contributed by atoms with Crippen molar-refractivity contribution in [2.24, 2.45) is 4.99 Å². The average Bonchev–Trinajstić information content (AvgIpc) is 2.26. The van der Waals surface area contributed by atoms with Gasteiger partial charge in [-0.15, -0.1) is 11.8 Å². The van der Waals surface area contributed by atoms with Gasteiger partial charge in [-0.25, -0.2) is 0 Å². The van der Waals surface area contributed by atoms with E-state index in [2.05, 4.69) is 18.2 Å². The SMILES string of the molecule is [CH]1CCCC2SC3CCCCC3=NC12. The summed E-state index contributed by atoms with van der Waals surface area (Å²) in [6, 6.07) is 0.582. The summed E-state index contributed by atoms with van der Waals surface area (Å²) in [6.45, 7) is 0. The lowest BCUT2D eigenvalue weighted by atomic mass is 9.92. The molecule has 3 unspecified atom stereocenters. The molecule has 1 heterocycles. The van der Waals surface area contributed by atoms with Gasteiger partial charge in [-0.05, 0) is 38.5 Å². The van der Waals surface area contributed by atoms with Crippen molar-refractivity contribution in [2.45, 2.75) is 61.5 Å². The Morgan fingerprint density at radius 2 is 2.21 bits per heavy atom. The number of hydrogen-bond donors (Lipinski definition) is 0. The minimum Gasteiger partial charge on any atom is -0.288 e. The van der Waals surface area contributed by atoms with E-state index in [0.717, 1.165) is 10.5 Å². The number of rotatable bonds is 0. The predicted octanol–water partition coefficient (Wildman–Crippen LogP) is 3.24. The zero-order valence-electron chi connectivity index (χ0n) is 8.61. The van der Waals surface area contributed by atoms with E-state index in [1.807, 2.05) is 0 Å². The van der Waals surface area contributed by atoms with Gasteiger partial charge in [-0.3, -0.25) is 4.99 Å². The van der Waals surface area contributed by atoms with Crippen LogP contribution < -0.4 is 0 Å². The molecule has 1 aliphatic heterocycles. The summed E-state index contributed by atoms with van der Waals surface area (Å²) in [4.78, 5) is 4.97. The average molecular weight is 208 g/mol. The van der Waals surface area contributed by atoms with E-state index in [-0.39, 0.29) is 0 Å². The van der Waals surface area contributed by atoms with Crippen molar-refractivity contribution in [1.29, 1.82) is 0 Å². The van der Waals surface area contributed by atoms with Gasteiger partial charge in [0.1, 0.15) is 0 Å². The van der Waals surface area contributed by atoms with Crippen molar-refractivity contribution in [1.82, 2.24) is 0 Å². The quantitative estimate of drug-likeness (QED) is 0.595. The Labute approximate surface area is 90.8 Å². The van der Waals surface area contributed by atoms with E-state index >= 15 is 0 Å². The van der Waals surface area contributed by atoms with E-state index in [1.54, 1.807) is 5.71 Å². The molecule has 14 heavy (non-hydrogen) atoms. The van der Waals surface area contributed by atoms with Crippen LogP contribution in [0.15, 0.2) is 4.99 Å². The number of aliphatic imine (C=N–C) groups is 1. The number of thioether (sulfide) groups is 1. The molecular weight excluding hydrogens is 190 g/mol. The highest BCUT2D eigenvalue weighted by molar-refractivity contribution is 8.01. The van der Waals surface area contributed by atoms with Crippen LogP contribution in [0.4, 0.5) is 0 Å². The summed E-state index contributed by atoms with van der Waals surface area (Å²) in [5, 5.41) is 1.63. The fourth-order valence-electron chi connectivity index (χ4n) is 2.87. The molecule has 2 aliphatic carbocycles. The van der Waals surface area contributed by atoms with Gasteiger partial charge in [0.2, 0.25) is 0 Å². The summed E-state index contributed by atoms with van der Waals surface area (Å²) >= 11 is 2.24. The van der Waals surface area contributed by atoms with Gasteiger partial charge in [0, 0.05) is 16.2 Å². The van der Waals surface area contributed by atoms with Crippen LogP contribution in [0.25, 0.3) is 0 Å². The maximum absolute atomic E-state index is 4.97. The molecule has 0 spiro atoms. The Hall–Kier alpha value is 0.0200. The van der Waals surface area contributed by atoms with Gasteiger partial charge in [0.05, 0.1) is 6.04 Å². The zero-order chi connectivity index (χ0) is 9.38. The molecule has 3 aliphatic rings. The van der Waals surface area contributed by atoms with Gasteiger partial charge in [0.15, 0.2) is 0 Å². The first-order valence-corrected chi connectivity index (χ1v) is 6.93. The van der Waals surface area contributed by atoms with Crippen LogP contribution >= 0.6 is 11.8 Å². The third kappa shape index (κ3) is 1.62. The molecule has 2 heteroatoms. The van der Waals surface area contributed by atoms with Crippen LogP contribution in [0.1, 0.15) is 44.9 Å². The van der Waals surface area contributed by atoms with Crippen LogP contribution in [0.5, 0.6) is 0 Å². The summed E-state index contributed by atoms with van der Waals surface area (Å²) in [7, 11) is 0. The topological polar surface area (TPSA) is 12.4 Å². The van der Waals surface area contributed by atoms with Crippen LogP contribution in [0.3, 0.4) is 0 Å². The Morgan fingerprint density at radius 3 is 3.21 bits per heavy atom. The molecule has 0 bridgehead atoms. The number of hydrogen-bond acceptors (Lipinski definition) is 2. The van der Waals surface area contributed by atoms with Crippen molar-refractivity contribution in [3.05, 3.63) is 6.42 Å². The molecule has 77 valence electrons. The summed E-state index contributed by atoms with van der Waals surface area (Å²) in [6.07, 6.45) is 12.0. The van der Waals surface area contributed by atoms with E-state index in [0.29, 0.717) is 6.04 Å². The van der Waals surface area contributed by atoms with Crippen molar-refractivity contribution >= 4 is 17.5 Å². The van der Waals surface area contributed by atoms with E-state index < -0.39 is 0 Å². The lowest BCUT2D eigenvalue weighted by Gasteiger charge is -2.38. The molecular formula is C12H18NS. The summed E-state index contributed by atoms with van der Waals surface area (Å²) < 4.78 is 0. The molecule has 3 atom stereocenters. The molecule has 0 aromatic heterocycles. The fraction of sp³-hybridized carbons (Fsp3) is 0.833. The molecule has 0 aromatic rings. The summed E-state index contributed by atoms with van der Waals surface area (Å²) in [5.74, 6) is 0. The maximum Gasteiger partial charge on any atom is 0.0649 e. The Balaban J connectivity index is 1.80. The molecule has 0 aromatic carbocycles. The summed E-state index contributed by atoms with van der Waals surface area (Å²) in [5.41, 5.74) is 1.54. The second-order valence-corrected chi connectivity index (χ2v) is 6.13. The van der Waals surface area contributed by atoms with Crippen molar-refractivity contribution < 1.29 is 0 Å². The van der Waals surface area contributed by atoms with E-state index in [4.69, 9.17) is 4.99 Å². The maximum atomic E-state index is 4.97. The van der Waals surface area contributed by atoms with Gasteiger partial charge < -0.3 is 0 Å². The van der Waals surface area contributed by atoms with E-state index in [9.17, 15) is 0 Å². The molecule has 1 radical (unpaired) electrons. The predicted molar refractivity (Wildman–Crippen MR) is 63.0 cm³/mol. The second-order valence-electron chi connectivity index (χ2n) is 4.69. The first-order chi connectivity index (χ1) is 6.93. The second kappa shape index (κ2) is 3.88.